The Morgan fingerprint density at radius 1 is 1.45 bits per heavy atom. The monoisotopic (exact) mass is 337 g/mol. The molecule has 0 amide bonds. The van der Waals surface area contributed by atoms with Crippen LogP contribution in [0.3, 0.4) is 0 Å². The third-order valence-electron chi connectivity index (χ3n) is 3.24. The van der Waals surface area contributed by atoms with Crippen LogP contribution in [-0.2, 0) is 7.05 Å². The van der Waals surface area contributed by atoms with E-state index >= 15 is 0 Å². The summed E-state index contributed by atoms with van der Waals surface area (Å²) in [5.74, 6) is 0.865. The number of hydrogen-bond donors (Lipinski definition) is 1. The Labute approximate surface area is 128 Å². The first-order chi connectivity index (χ1) is 9.67. The highest BCUT2D eigenvalue weighted by Crippen LogP contribution is 2.29. The van der Waals surface area contributed by atoms with Gasteiger partial charge in [0.05, 0.1) is 29.5 Å². The van der Waals surface area contributed by atoms with Crippen molar-refractivity contribution in [1.82, 2.24) is 15.1 Å². The van der Waals surface area contributed by atoms with Gasteiger partial charge >= 0.3 is 0 Å². The van der Waals surface area contributed by atoms with Crippen LogP contribution in [0.4, 0.5) is 0 Å². The van der Waals surface area contributed by atoms with E-state index in [9.17, 15) is 0 Å². The summed E-state index contributed by atoms with van der Waals surface area (Å²) in [6.07, 6.45) is 2.91. The topological polar surface area (TPSA) is 39.1 Å². The van der Waals surface area contributed by atoms with Crippen LogP contribution in [0.2, 0.25) is 0 Å². The maximum atomic E-state index is 5.33. The predicted octanol–water partition coefficient (Wildman–Crippen LogP) is 3.28. The number of hydrogen-bond acceptors (Lipinski definition) is 3. The number of nitrogens with one attached hydrogen (secondary N) is 1. The summed E-state index contributed by atoms with van der Waals surface area (Å²) in [6.45, 7) is 3.10. The van der Waals surface area contributed by atoms with E-state index in [1.54, 1.807) is 7.11 Å². The van der Waals surface area contributed by atoms with E-state index in [4.69, 9.17) is 4.74 Å². The van der Waals surface area contributed by atoms with Gasteiger partial charge in [0.15, 0.2) is 0 Å². The second kappa shape index (κ2) is 6.90. The standard InChI is InChI=1S/C15H20BrN3O/c1-4-8-17-14(15-13(16)10-18-19(15)2)11-6-5-7-12(9-11)20-3/h5-7,9-10,14,17H,4,8H2,1-3H3. The van der Waals surface area contributed by atoms with Gasteiger partial charge in [0.1, 0.15) is 5.75 Å². The number of aryl methyl sites for hydroxylation is 1. The fourth-order valence-electron chi connectivity index (χ4n) is 2.23. The molecule has 0 aliphatic rings. The molecule has 0 radical (unpaired) electrons. The van der Waals surface area contributed by atoms with Gasteiger partial charge in [-0.1, -0.05) is 19.1 Å². The molecule has 0 bridgehead atoms. The molecule has 2 rings (SSSR count). The number of methoxy groups -OCH3 is 1. The fraction of sp³-hybridized carbons (Fsp3) is 0.400. The lowest BCUT2D eigenvalue weighted by atomic mass is 10.0. The number of aromatic nitrogens is 2. The Morgan fingerprint density at radius 2 is 2.25 bits per heavy atom. The molecule has 1 aromatic carbocycles. The van der Waals surface area contributed by atoms with E-state index in [0.717, 1.165) is 28.9 Å². The van der Waals surface area contributed by atoms with Crippen molar-refractivity contribution in [2.24, 2.45) is 7.05 Å². The molecule has 2 aromatic rings. The van der Waals surface area contributed by atoms with Gasteiger partial charge in [-0.15, -0.1) is 0 Å². The Hall–Kier alpha value is -1.33. The highest BCUT2D eigenvalue weighted by Gasteiger charge is 2.20. The average molecular weight is 338 g/mol. The van der Waals surface area contributed by atoms with Gasteiger partial charge in [-0.2, -0.15) is 5.10 Å². The van der Waals surface area contributed by atoms with Crippen LogP contribution in [0.15, 0.2) is 34.9 Å². The fourth-order valence-corrected chi connectivity index (χ4v) is 2.80. The smallest absolute Gasteiger partial charge is 0.119 e. The van der Waals surface area contributed by atoms with Gasteiger partial charge in [-0.05, 0) is 46.6 Å². The summed E-state index contributed by atoms with van der Waals surface area (Å²) in [5, 5.41) is 7.89. The molecular formula is C15H20BrN3O. The van der Waals surface area contributed by atoms with Gasteiger partial charge in [-0.25, -0.2) is 0 Å². The Balaban J connectivity index is 2.41. The molecule has 5 heteroatoms. The molecule has 1 atom stereocenters. The summed E-state index contributed by atoms with van der Waals surface area (Å²) in [6, 6.07) is 8.23. The normalized spacial score (nSPS) is 12.4. The highest BCUT2D eigenvalue weighted by atomic mass is 79.9. The lowest BCUT2D eigenvalue weighted by Gasteiger charge is -2.20. The first-order valence-corrected chi connectivity index (χ1v) is 7.51. The predicted molar refractivity (Wildman–Crippen MR) is 84.0 cm³/mol. The summed E-state index contributed by atoms with van der Waals surface area (Å²) >= 11 is 3.59. The van der Waals surface area contributed by atoms with Crippen molar-refractivity contribution < 1.29 is 4.74 Å². The quantitative estimate of drug-likeness (QED) is 0.879. The van der Waals surface area contributed by atoms with Crippen LogP contribution < -0.4 is 10.1 Å². The van der Waals surface area contributed by atoms with Crippen molar-refractivity contribution in [2.45, 2.75) is 19.4 Å². The lowest BCUT2D eigenvalue weighted by molar-refractivity contribution is 0.413. The van der Waals surface area contributed by atoms with Crippen molar-refractivity contribution in [3.05, 3.63) is 46.2 Å². The molecule has 0 saturated carbocycles. The largest absolute Gasteiger partial charge is 0.497 e. The van der Waals surface area contributed by atoms with E-state index in [2.05, 4.69) is 45.4 Å². The molecule has 1 unspecified atom stereocenters. The third-order valence-corrected chi connectivity index (χ3v) is 3.85. The van der Waals surface area contributed by atoms with Gasteiger partial charge in [-0.3, -0.25) is 4.68 Å². The zero-order chi connectivity index (χ0) is 14.5. The minimum Gasteiger partial charge on any atom is -0.497 e. The molecule has 0 aliphatic carbocycles. The van der Waals surface area contributed by atoms with E-state index in [0.29, 0.717) is 0 Å². The zero-order valence-electron chi connectivity index (χ0n) is 12.1. The third kappa shape index (κ3) is 3.22. The van der Waals surface area contributed by atoms with Gasteiger partial charge in [0.2, 0.25) is 0 Å². The average Bonchev–Trinajstić information content (AvgIpc) is 2.80. The van der Waals surface area contributed by atoms with Crippen molar-refractivity contribution in [3.63, 3.8) is 0 Å². The molecule has 1 heterocycles. The van der Waals surface area contributed by atoms with E-state index in [1.165, 1.54) is 5.56 Å². The number of rotatable bonds is 6. The SMILES string of the molecule is CCCNC(c1cccc(OC)c1)c1c(Br)cnn1C. The second-order valence-corrected chi connectivity index (χ2v) is 5.52. The van der Waals surface area contributed by atoms with Crippen molar-refractivity contribution >= 4 is 15.9 Å². The van der Waals surface area contributed by atoms with Crippen molar-refractivity contribution in [1.29, 1.82) is 0 Å². The van der Waals surface area contributed by atoms with Crippen LogP contribution in [0.5, 0.6) is 5.75 Å². The maximum Gasteiger partial charge on any atom is 0.119 e. The van der Waals surface area contributed by atoms with Gasteiger partial charge in [0, 0.05) is 7.05 Å². The Kier molecular flexibility index (Phi) is 5.20. The molecule has 0 saturated heterocycles. The van der Waals surface area contributed by atoms with Gasteiger partial charge in [0.25, 0.3) is 0 Å². The number of nitrogens with zero attached hydrogens (tertiary/aromatic N) is 2. The van der Waals surface area contributed by atoms with Crippen LogP contribution in [0.25, 0.3) is 0 Å². The number of halogens is 1. The summed E-state index contributed by atoms with van der Waals surface area (Å²) < 4.78 is 8.24. The molecule has 1 N–H and O–H groups in total. The lowest BCUT2D eigenvalue weighted by Crippen LogP contribution is -2.25. The minimum absolute atomic E-state index is 0.0897. The van der Waals surface area contributed by atoms with Crippen LogP contribution in [0.1, 0.15) is 30.6 Å². The van der Waals surface area contributed by atoms with Crippen LogP contribution in [-0.4, -0.2) is 23.4 Å². The number of ether oxygens (including phenoxy) is 1. The molecule has 0 spiro atoms. The molecular weight excluding hydrogens is 318 g/mol. The van der Waals surface area contributed by atoms with Crippen LogP contribution >= 0.6 is 15.9 Å². The first-order valence-electron chi connectivity index (χ1n) is 6.72. The van der Waals surface area contributed by atoms with E-state index in [1.807, 2.05) is 30.1 Å². The molecule has 20 heavy (non-hydrogen) atoms. The molecule has 0 fully saturated rings. The minimum atomic E-state index is 0.0897. The first kappa shape index (κ1) is 15.1. The second-order valence-electron chi connectivity index (χ2n) is 4.67. The molecule has 0 aliphatic heterocycles. The molecule has 4 nitrogen and oxygen atoms in total. The Bertz CT molecular complexity index is 548. The van der Waals surface area contributed by atoms with Crippen LogP contribution in [0, 0.1) is 0 Å². The van der Waals surface area contributed by atoms with E-state index < -0.39 is 0 Å². The summed E-state index contributed by atoms with van der Waals surface area (Å²) in [5.41, 5.74) is 2.29. The van der Waals surface area contributed by atoms with Gasteiger partial charge < -0.3 is 10.1 Å². The zero-order valence-corrected chi connectivity index (χ0v) is 13.6. The highest BCUT2D eigenvalue weighted by molar-refractivity contribution is 9.10. The van der Waals surface area contributed by atoms with E-state index in [-0.39, 0.29) is 6.04 Å². The Morgan fingerprint density at radius 3 is 2.85 bits per heavy atom. The van der Waals surface area contributed by atoms with Crippen molar-refractivity contribution in [2.75, 3.05) is 13.7 Å². The number of benzene rings is 1. The summed E-state index contributed by atoms with van der Waals surface area (Å²) in [7, 11) is 3.65. The van der Waals surface area contributed by atoms with Crippen molar-refractivity contribution in [3.8, 4) is 5.75 Å². The molecule has 108 valence electrons. The molecule has 1 aromatic heterocycles. The summed E-state index contributed by atoms with van der Waals surface area (Å²) in [4.78, 5) is 0. The maximum absolute atomic E-state index is 5.33.